The first-order chi connectivity index (χ1) is 18.2. The van der Waals surface area contributed by atoms with Gasteiger partial charge in [-0.15, -0.1) is 0 Å². The van der Waals surface area contributed by atoms with Crippen LogP contribution in [0.2, 0.25) is 5.02 Å². The van der Waals surface area contributed by atoms with Crippen molar-refractivity contribution in [3.63, 3.8) is 0 Å². The van der Waals surface area contributed by atoms with Crippen molar-refractivity contribution in [2.24, 2.45) is 0 Å². The molecule has 38 heavy (non-hydrogen) atoms. The molecule has 1 unspecified atom stereocenters. The van der Waals surface area contributed by atoms with Gasteiger partial charge in [0.1, 0.15) is 5.58 Å². The van der Waals surface area contributed by atoms with Gasteiger partial charge in [-0.3, -0.25) is 14.5 Å². The van der Waals surface area contributed by atoms with Crippen LogP contribution in [0.4, 0.5) is 11.4 Å². The Labute approximate surface area is 226 Å². The Morgan fingerprint density at radius 3 is 2.42 bits per heavy atom. The van der Waals surface area contributed by atoms with Gasteiger partial charge in [0, 0.05) is 34.9 Å². The van der Waals surface area contributed by atoms with Crippen LogP contribution in [-0.4, -0.2) is 29.9 Å². The predicted octanol–water partition coefficient (Wildman–Crippen LogP) is 7.33. The van der Waals surface area contributed by atoms with E-state index in [2.05, 4.69) is 18.7 Å². The van der Waals surface area contributed by atoms with Crippen molar-refractivity contribution in [1.82, 2.24) is 0 Å². The molecule has 0 saturated carbocycles. The Kier molecular flexibility index (Phi) is 6.76. The summed E-state index contributed by atoms with van der Waals surface area (Å²) >= 11 is 6.12. The van der Waals surface area contributed by atoms with Crippen LogP contribution >= 0.6 is 11.6 Å². The standard InChI is InChI=1S/C31H29ClN2O4/c1-5-33(6-2)23-13-10-20(11-14-23)28-27(29(35)26-17-21-16-22(32)12-15-25(21)38-26)30(36)31(37)34(28)24-9-7-8-18(3)19(24)4/h7-17,28,36H,5-6H2,1-4H3. The summed E-state index contributed by atoms with van der Waals surface area (Å²) < 4.78 is 5.84. The Morgan fingerprint density at radius 2 is 1.74 bits per heavy atom. The second-order valence-electron chi connectivity index (χ2n) is 9.44. The largest absolute Gasteiger partial charge is 0.503 e. The fourth-order valence-corrected chi connectivity index (χ4v) is 5.29. The summed E-state index contributed by atoms with van der Waals surface area (Å²) in [5.74, 6) is -1.72. The lowest BCUT2D eigenvalue weighted by atomic mass is 9.94. The molecule has 1 aromatic heterocycles. The highest BCUT2D eigenvalue weighted by Crippen LogP contribution is 2.44. The lowest BCUT2D eigenvalue weighted by molar-refractivity contribution is -0.117. The Hall–Kier alpha value is -4.03. The minimum Gasteiger partial charge on any atom is -0.503 e. The van der Waals surface area contributed by atoms with E-state index in [1.165, 1.54) is 4.90 Å². The summed E-state index contributed by atoms with van der Waals surface area (Å²) in [5, 5.41) is 12.3. The molecular weight excluding hydrogens is 500 g/mol. The Bertz CT molecular complexity index is 1580. The van der Waals surface area contributed by atoms with Gasteiger partial charge < -0.3 is 14.4 Å². The van der Waals surface area contributed by atoms with E-state index in [0.29, 0.717) is 27.2 Å². The molecule has 5 rings (SSSR count). The van der Waals surface area contributed by atoms with Gasteiger partial charge in [-0.2, -0.15) is 0 Å². The third-order valence-electron chi connectivity index (χ3n) is 7.33. The maximum atomic E-state index is 13.9. The number of fused-ring (bicyclic) bond motifs is 1. The molecule has 1 aliphatic rings. The molecular formula is C31H29ClN2O4. The lowest BCUT2D eigenvalue weighted by Crippen LogP contribution is -2.31. The number of anilines is 2. The molecule has 0 aliphatic carbocycles. The van der Waals surface area contributed by atoms with E-state index in [9.17, 15) is 14.7 Å². The molecule has 3 aromatic carbocycles. The average Bonchev–Trinajstić information content (AvgIpc) is 3.45. The van der Waals surface area contributed by atoms with Gasteiger partial charge in [0.15, 0.2) is 11.5 Å². The van der Waals surface area contributed by atoms with Crippen molar-refractivity contribution in [2.75, 3.05) is 22.9 Å². The van der Waals surface area contributed by atoms with Crippen molar-refractivity contribution in [3.05, 3.63) is 106 Å². The molecule has 194 valence electrons. The van der Waals surface area contributed by atoms with Gasteiger partial charge in [-0.1, -0.05) is 35.9 Å². The normalized spacial score (nSPS) is 15.6. The number of aliphatic hydroxyl groups is 1. The minimum atomic E-state index is -0.835. The van der Waals surface area contributed by atoms with Gasteiger partial charge in [-0.05, 0) is 86.8 Å². The number of Topliss-reactive ketones (excluding diaryl/α,β-unsaturated/α-hetero) is 1. The van der Waals surface area contributed by atoms with E-state index in [0.717, 1.165) is 29.9 Å². The van der Waals surface area contributed by atoms with Crippen molar-refractivity contribution in [3.8, 4) is 0 Å². The second-order valence-corrected chi connectivity index (χ2v) is 9.88. The molecule has 0 fully saturated rings. The molecule has 1 N–H and O–H groups in total. The number of furan rings is 1. The Morgan fingerprint density at radius 1 is 1.03 bits per heavy atom. The summed E-state index contributed by atoms with van der Waals surface area (Å²) in [6.07, 6.45) is 0. The van der Waals surface area contributed by atoms with Crippen molar-refractivity contribution >= 4 is 45.6 Å². The Balaban J connectivity index is 1.66. The number of halogens is 1. The summed E-state index contributed by atoms with van der Waals surface area (Å²) in [6, 6.07) is 19.3. The molecule has 0 radical (unpaired) electrons. The number of aryl methyl sites for hydroxylation is 1. The number of carbonyl (C=O) groups excluding carboxylic acids is 2. The summed E-state index contributed by atoms with van der Waals surface area (Å²) in [5.41, 5.74) is 4.76. The first-order valence-corrected chi connectivity index (χ1v) is 13.0. The SMILES string of the molecule is CCN(CC)c1ccc(C2C(C(=O)c3cc4cc(Cl)ccc4o3)=C(O)C(=O)N2c2cccc(C)c2C)cc1. The topological polar surface area (TPSA) is 74.0 Å². The van der Waals surface area contributed by atoms with Gasteiger partial charge in [0.25, 0.3) is 5.91 Å². The predicted molar refractivity (Wildman–Crippen MR) is 151 cm³/mol. The number of benzene rings is 3. The van der Waals surface area contributed by atoms with Crippen molar-refractivity contribution in [1.29, 1.82) is 0 Å². The van der Waals surface area contributed by atoms with Gasteiger partial charge in [-0.25, -0.2) is 0 Å². The fraction of sp³-hybridized carbons (Fsp3) is 0.226. The third-order valence-corrected chi connectivity index (χ3v) is 7.56. The first-order valence-electron chi connectivity index (χ1n) is 12.7. The molecule has 1 amide bonds. The number of hydrogen-bond acceptors (Lipinski definition) is 5. The van der Waals surface area contributed by atoms with Crippen LogP contribution < -0.4 is 9.80 Å². The highest BCUT2D eigenvalue weighted by Gasteiger charge is 2.45. The summed E-state index contributed by atoms with van der Waals surface area (Å²) in [6.45, 7) is 9.78. The van der Waals surface area contributed by atoms with E-state index in [4.69, 9.17) is 16.0 Å². The average molecular weight is 529 g/mol. The molecule has 4 aromatic rings. The number of hydrogen-bond donors (Lipinski definition) is 1. The number of carbonyl (C=O) groups is 2. The molecule has 2 heterocycles. The monoisotopic (exact) mass is 528 g/mol. The second kappa shape index (κ2) is 10.0. The molecule has 1 aliphatic heterocycles. The van der Waals surface area contributed by atoms with E-state index >= 15 is 0 Å². The van der Waals surface area contributed by atoms with Crippen LogP contribution in [-0.2, 0) is 4.79 Å². The number of ketones is 1. The fourth-order valence-electron chi connectivity index (χ4n) is 5.11. The quantitative estimate of drug-likeness (QED) is 0.254. The number of nitrogens with zero attached hydrogens (tertiary/aromatic N) is 2. The molecule has 0 saturated heterocycles. The molecule has 0 spiro atoms. The van der Waals surface area contributed by atoms with Crippen LogP contribution in [0.3, 0.4) is 0 Å². The van der Waals surface area contributed by atoms with Crippen LogP contribution in [0.15, 0.2) is 82.5 Å². The molecule has 1 atom stereocenters. The van der Waals surface area contributed by atoms with Gasteiger partial charge in [0.05, 0.1) is 11.6 Å². The third kappa shape index (κ3) is 4.25. The molecule has 0 bridgehead atoms. The molecule has 6 nitrogen and oxygen atoms in total. The highest BCUT2D eigenvalue weighted by atomic mass is 35.5. The van der Waals surface area contributed by atoms with Crippen LogP contribution in [0, 0.1) is 13.8 Å². The van der Waals surface area contributed by atoms with Crippen molar-refractivity contribution in [2.45, 2.75) is 33.7 Å². The lowest BCUT2D eigenvalue weighted by Gasteiger charge is -2.29. The zero-order valence-corrected chi connectivity index (χ0v) is 22.5. The van der Waals surface area contributed by atoms with Crippen LogP contribution in [0.25, 0.3) is 11.0 Å². The van der Waals surface area contributed by atoms with E-state index in [1.807, 2.05) is 56.3 Å². The molecule has 7 heteroatoms. The maximum Gasteiger partial charge on any atom is 0.294 e. The van der Waals surface area contributed by atoms with Crippen LogP contribution in [0.1, 0.15) is 47.1 Å². The zero-order chi connectivity index (χ0) is 27.1. The van der Waals surface area contributed by atoms with E-state index in [1.54, 1.807) is 24.3 Å². The first kappa shape index (κ1) is 25.6. The smallest absolute Gasteiger partial charge is 0.294 e. The maximum absolute atomic E-state index is 13.9. The zero-order valence-electron chi connectivity index (χ0n) is 21.8. The number of rotatable bonds is 7. The van der Waals surface area contributed by atoms with Gasteiger partial charge >= 0.3 is 0 Å². The summed E-state index contributed by atoms with van der Waals surface area (Å²) in [7, 11) is 0. The van der Waals surface area contributed by atoms with E-state index in [-0.39, 0.29) is 11.3 Å². The number of amides is 1. The highest BCUT2D eigenvalue weighted by molar-refractivity contribution is 6.31. The van der Waals surface area contributed by atoms with Gasteiger partial charge in [0.2, 0.25) is 5.78 Å². The van der Waals surface area contributed by atoms with E-state index < -0.39 is 23.5 Å². The minimum absolute atomic E-state index is 0.0170. The van der Waals surface area contributed by atoms with Crippen LogP contribution in [0.5, 0.6) is 0 Å². The van der Waals surface area contributed by atoms with Crippen molar-refractivity contribution < 1.29 is 19.1 Å². The number of aliphatic hydroxyl groups excluding tert-OH is 1. The summed E-state index contributed by atoms with van der Waals surface area (Å²) in [4.78, 5) is 31.2.